The molecule has 2 aromatic rings. The fourth-order valence-electron chi connectivity index (χ4n) is 1.73. The lowest BCUT2D eigenvalue weighted by atomic mass is 10.2. The maximum atomic E-state index is 13.5. The number of ether oxygens (including phenoxy) is 1. The summed E-state index contributed by atoms with van der Waals surface area (Å²) in [4.78, 5) is 11.8. The SMILES string of the molecule is C=CCOc1ccccc1/C=N\NC(=O)c1ccccc1F. The van der Waals surface area contributed by atoms with Gasteiger partial charge in [-0.25, -0.2) is 9.82 Å². The molecule has 0 heterocycles. The zero-order valence-electron chi connectivity index (χ0n) is 11.8. The minimum Gasteiger partial charge on any atom is -0.489 e. The van der Waals surface area contributed by atoms with Crippen molar-refractivity contribution in [3.8, 4) is 5.75 Å². The van der Waals surface area contributed by atoms with Crippen LogP contribution in [0.2, 0.25) is 0 Å². The molecule has 2 aromatic carbocycles. The van der Waals surface area contributed by atoms with Crippen molar-refractivity contribution in [2.75, 3.05) is 6.61 Å². The first-order valence-corrected chi connectivity index (χ1v) is 6.63. The normalized spacial score (nSPS) is 10.4. The highest BCUT2D eigenvalue weighted by Gasteiger charge is 2.09. The highest BCUT2D eigenvalue weighted by molar-refractivity contribution is 5.95. The lowest BCUT2D eigenvalue weighted by Gasteiger charge is -2.06. The number of amides is 1. The molecule has 0 fully saturated rings. The summed E-state index contributed by atoms with van der Waals surface area (Å²) >= 11 is 0. The van der Waals surface area contributed by atoms with Gasteiger partial charge in [-0.15, -0.1) is 0 Å². The summed E-state index contributed by atoms with van der Waals surface area (Å²) < 4.78 is 18.9. The van der Waals surface area contributed by atoms with E-state index in [0.717, 1.165) is 0 Å². The van der Waals surface area contributed by atoms with Crippen LogP contribution < -0.4 is 10.2 Å². The van der Waals surface area contributed by atoms with Crippen molar-refractivity contribution in [3.05, 3.63) is 78.1 Å². The smallest absolute Gasteiger partial charge is 0.274 e. The molecule has 5 heteroatoms. The van der Waals surface area contributed by atoms with Crippen LogP contribution in [0.5, 0.6) is 5.75 Å². The number of carbonyl (C=O) groups is 1. The van der Waals surface area contributed by atoms with E-state index in [-0.39, 0.29) is 5.56 Å². The van der Waals surface area contributed by atoms with Gasteiger partial charge < -0.3 is 4.74 Å². The van der Waals surface area contributed by atoms with Crippen molar-refractivity contribution in [3.63, 3.8) is 0 Å². The van der Waals surface area contributed by atoms with E-state index in [4.69, 9.17) is 4.74 Å². The van der Waals surface area contributed by atoms with Crippen LogP contribution in [0.4, 0.5) is 4.39 Å². The fraction of sp³-hybridized carbons (Fsp3) is 0.0588. The molecule has 2 rings (SSSR count). The number of hydrogen-bond acceptors (Lipinski definition) is 3. The number of hydrazone groups is 1. The summed E-state index contributed by atoms with van der Waals surface area (Å²) in [5.74, 6) is -0.588. The van der Waals surface area contributed by atoms with Crippen molar-refractivity contribution >= 4 is 12.1 Å². The summed E-state index contributed by atoms with van der Waals surface area (Å²) in [6.07, 6.45) is 3.07. The molecule has 112 valence electrons. The molecule has 0 aliphatic carbocycles. The predicted molar refractivity (Wildman–Crippen MR) is 83.6 cm³/mol. The van der Waals surface area contributed by atoms with E-state index in [1.54, 1.807) is 24.3 Å². The van der Waals surface area contributed by atoms with Crippen molar-refractivity contribution in [1.29, 1.82) is 0 Å². The summed E-state index contributed by atoms with van der Waals surface area (Å²) in [7, 11) is 0. The lowest BCUT2D eigenvalue weighted by Crippen LogP contribution is -2.19. The van der Waals surface area contributed by atoms with E-state index in [9.17, 15) is 9.18 Å². The van der Waals surface area contributed by atoms with Crippen LogP contribution in [0.25, 0.3) is 0 Å². The minimum absolute atomic E-state index is 0.0594. The van der Waals surface area contributed by atoms with Gasteiger partial charge in [-0.05, 0) is 24.3 Å². The fourth-order valence-corrected chi connectivity index (χ4v) is 1.73. The van der Waals surface area contributed by atoms with Crippen LogP contribution in [0.3, 0.4) is 0 Å². The molecule has 0 aliphatic heterocycles. The minimum atomic E-state index is -0.612. The van der Waals surface area contributed by atoms with E-state index in [2.05, 4.69) is 17.1 Å². The van der Waals surface area contributed by atoms with Crippen molar-refractivity contribution < 1.29 is 13.9 Å². The maximum Gasteiger partial charge on any atom is 0.274 e. The Balaban J connectivity index is 2.05. The van der Waals surface area contributed by atoms with Gasteiger partial charge in [0.05, 0.1) is 11.8 Å². The van der Waals surface area contributed by atoms with Gasteiger partial charge in [0.2, 0.25) is 0 Å². The van der Waals surface area contributed by atoms with E-state index in [1.165, 1.54) is 24.4 Å². The van der Waals surface area contributed by atoms with E-state index >= 15 is 0 Å². The molecule has 0 aromatic heterocycles. The monoisotopic (exact) mass is 298 g/mol. The number of halogens is 1. The molecule has 22 heavy (non-hydrogen) atoms. The predicted octanol–water partition coefficient (Wildman–Crippen LogP) is 3.15. The molecule has 0 atom stereocenters. The third kappa shape index (κ3) is 4.02. The second-order valence-electron chi connectivity index (χ2n) is 4.32. The standard InChI is InChI=1S/C17H15FN2O2/c1-2-11-22-16-10-6-3-7-13(16)12-19-20-17(21)14-8-4-5-9-15(14)18/h2-10,12H,1,11H2,(H,20,21)/b19-12-. The van der Waals surface area contributed by atoms with E-state index < -0.39 is 11.7 Å². The third-order valence-corrected chi connectivity index (χ3v) is 2.76. The molecule has 1 N–H and O–H groups in total. The van der Waals surface area contributed by atoms with Gasteiger partial charge in [-0.3, -0.25) is 4.79 Å². The number of hydrogen-bond donors (Lipinski definition) is 1. The Labute approximate surface area is 127 Å². The van der Waals surface area contributed by atoms with Crippen molar-refractivity contribution in [1.82, 2.24) is 5.43 Å². The average molecular weight is 298 g/mol. The molecule has 0 unspecified atom stereocenters. The first-order chi connectivity index (χ1) is 10.7. The van der Waals surface area contributed by atoms with Gasteiger partial charge in [-0.2, -0.15) is 5.10 Å². The molecule has 0 spiro atoms. The Hall–Kier alpha value is -2.95. The van der Waals surface area contributed by atoms with Gasteiger partial charge in [0.1, 0.15) is 18.2 Å². The summed E-state index contributed by atoms with van der Waals surface area (Å²) in [6.45, 7) is 3.95. The topological polar surface area (TPSA) is 50.7 Å². The Morgan fingerprint density at radius 3 is 2.73 bits per heavy atom. The van der Waals surface area contributed by atoms with Crippen molar-refractivity contribution in [2.24, 2.45) is 5.10 Å². The lowest BCUT2D eigenvalue weighted by molar-refractivity contribution is 0.0951. The number of carbonyl (C=O) groups excluding carboxylic acids is 1. The van der Waals surface area contributed by atoms with Gasteiger partial charge in [0, 0.05) is 5.56 Å². The number of nitrogens with zero attached hydrogens (tertiary/aromatic N) is 1. The molecule has 4 nitrogen and oxygen atoms in total. The van der Waals surface area contributed by atoms with Gasteiger partial charge in [0.25, 0.3) is 5.91 Å². The van der Waals surface area contributed by atoms with E-state index in [0.29, 0.717) is 17.9 Å². The quantitative estimate of drug-likeness (QED) is 0.506. The van der Waals surface area contributed by atoms with Crippen LogP contribution in [0, 0.1) is 5.82 Å². The second-order valence-corrected chi connectivity index (χ2v) is 4.32. The molecule has 0 bridgehead atoms. The van der Waals surface area contributed by atoms with Gasteiger partial charge in [-0.1, -0.05) is 36.9 Å². The zero-order chi connectivity index (χ0) is 15.8. The van der Waals surface area contributed by atoms with Gasteiger partial charge in [0.15, 0.2) is 0 Å². The summed E-state index contributed by atoms with van der Waals surface area (Å²) in [5.41, 5.74) is 2.92. The van der Waals surface area contributed by atoms with Crippen LogP contribution in [0.15, 0.2) is 66.3 Å². The first kappa shape index (κ1) is 15.4. The van der Waals surface area contributed by atoms with E-state index in [1.807, 2.05) is 12.1 Å². The third-order valence-electron chi connectivity index (χ3n) is 2.76. The maximum absolute atomic E-state index is 13.5. The Bertz CT molecular complexity index is 699. The molecule has 0 saturated heterocycles. The number of rotatable bonds is 6. The highest BCUT2D eigenvalue weighted by Crippen LogP contribution is 2.15. The first-order valence-electron chi connectivity index (χ1n) is 6.63. The van der Waals surface area contributed by atoms with Crippen LogP contribution in [0.1, 0.15) is 15.9 Å². The molecule has 0 saturated carbocycles. The molecule has 0 radical (unpaired) electrons. The Morgan fingerprint density at radius 1 is 1.23 bits per heavy atom. The Morgan fingerprint density at radius 2 is 1.95 bits per heavy atom. The molecular formula is C17H15FN2O2. The van der Waals surface area contributed by atoms with Crippen molar-refractivity contribution in [2.45, 2.75) is 0 Å². The summed E-state index contributed by atoms with van der Waals surface area (Å²) in [5, 5.41) is 3.83. The van der Waals surface area contributed by atoms with Crippen LogP contribution >= 0.6 is 0 Å². The van der Waals surface area contributed by atoms with Crippen LogP contribution in [-0.2, 0) is 0 Å². The van der Waals surface area contributed by atoms with Gasteiger partial charge >= 0.3 is 0 Å². The highest BCUT2D eigenvalue weighted by atomic mass is 19.1. The molecular weight excluding hydrogens is 283 g/mol. The van der Waals surface area contributed by atoms with Crippen LogP contribution in [-0.4, -0.2) is 18.7 Å². The largest absolute Gasteiger partial charge is 0.489 e. The summed E-state index contributed by atoms with van der Waals surface area (Å²) in [6, 6.07) is 12.9. The second kappa shape index (κ2) is 7.73. The molecule has 0 aliphatic rings. The Kier molecular flexibility index (Phi) is 5.43. The zero-order valence-corrected chi connectivity index (χ0v) is 11.8. The average Bonchev–Trinajstić information content (AvgIpc) is 2.54. The number of benzene rings is 2. The number of para-hydroxylation sites is 1. The number of nitrogens with one attached hydrogen (secondary N) is 1. The molecule has 1 amide bonds.